The molecule has 80 valence electrons. The molecule has 14 heavy (non-hydrogen) atoms. The molecule has 0 N–H and O–H groups in total. The molecule has 0 spiro atoms. The van der Waals surface area contributed by atoms with Crippen molar-refractivity contribution in [2.24, 2.45) is 0 Å². The van der Waals surface area contributed by atoms with Crippen LogP contribution in [0.5, 0.6) is 0 Å². The zero-order valence-corrected chi connectivity index (χ0v) is 9.55. The van der Waals surface area contributed by atoms with Crippen molar-refractivity contribution in [1.82, 2.24) is 9.80 Å². The van der Waals surface area contributed by atoms with Crippen LogP contribution in [0, 0.1) is 0 Å². The van der Waals surface area contributed by atoms with Gasteiger partial charge in [-0.2, -0.15) is 0 Å². The topological polar surface area (TPSA) is 23.6 Å². The third-order valence-corrected chi connectivity index (χ3v) is 2.58. The SMILES string of the molecule is C=C(Cl)CN1CCCC1C(=O)N(C)C. The lowest BCUT2D eigenvalue weighted by molar-refractivity contribution is -0.133. The molecule has 0 aromatic heterocycles. The van der Waals surface area contributed by atoms with E-state index in [1.807, 2.05) is 0 Å². The van der Waals surface area contributed by atoms with Crippen LogP contribution in [0.15, 0.2) is 11.6 Å². The maximum atomic E-state index is 11.7. The summed E-state index contributed by atoms with van der Waals surface area (Å²) in [6, 6.07) is 0.000463. The molecule has 4 heteroatoms. The molecular formula is C10H17ClN2O. The van der Waals surface area contributed by atoms with E-state index in [4.69, 9.17) is 11.6 Å². The van der Waals surface area contributed by atoms with Gasteiger partial charge in [-0.3, -0.25) is 9.69 Å². The first-order chi connectivity index (χ1) is 6.52. The van der Waals surface area contributed by atoms with Crippen molar-refractivity contribution in [3.63, 3.8) is 0 Å². The number of likely N-dealkylation sites (tertiary alicyclic amines) is 1. The molecule has 0 saturated carbocycles. The fourth-order valence-electron chi connectivity index (χ4n) is 1.81. The summed E-state index contributed by atoms with van der Waals surface area (Å²) in [6.45, 7) is 5.21. The van der Waals surface area contributed by atoms with Crippen LogP contribution in [0.4, 0.5) is 0 Å². The van der Waals surface area contributed by atoms with Gasteiger partial charge in [-0.25, -0.2) is 0 Å². The Labute approximate surface area is 90.3 Å². The molecule has 0 aliphatic carbocycles. The molecule has 1 amide bonds. The van der Waals surface area contributed by atoms with Crippen LogP contribution in [0.1, 0.15) is 12.8 Å². The highest BCUT2D eigenvalue weighted by molar-refractivity contribution is 6.29. The third-order valence-electron chi connectivity index (χ3n) is 2.46. The van der Waals surface area contributed by atoms with Gasteiger partial charge in [0.1, 0.15) is 0 Å². The third kappa shape index (κ3) is 2.72. The van der Waals surface area contributed by atoms with Gasteiger partial charge in [0.25, 0.3) is 0 Å². The summed E-state index contributed by atoms with van der Waals surface area (Å²) in [7, 11) is 3.57. The Hall–Kier alpha value is -0.540. The molecule has 1 atom stereocenters. The summed E-state index contributed by atoms with van der Waals surface area (Å²) in [6.07, 6.45) is 2.00. The van der Waals surface area contributed by atoms with Gasteiger partial charge in [0.15, 0.2) is 0 Å². The number of carbonyl (C=O) groups is 1. The molecule has 0 radical (unpaired) electrons. The number of hydrogen-bond donors (Lipinski definition) is 0. The Bertz CT molecular complexity index is 240. The normalized spacial score (nSPS) is 22.4. The minimum Gasteiger partial charge on any atom is -0.347 e. The molecule has 0 bridgehead atoms. The lowest BCUT2D eigenvalue weighted by Crippen LogP contribution is -2.43. The van der Waals surface area contributed by atoms with E-state index in [0.29, 0.717) is 11.6 Å². The lowest BCUT2D eigenvalue weighted by Gasteiger charge is -2.25. The monoisotopic (exact) mass is 216 g/mol. The fraction of sp³-hybridized carbons (Fsp3) is 0.700. The Kier molecular flexibility index (Phi) is 3.96. The Balaban J connectivity index is 2.59. The Morgan fingerprint density at radius 3 is 2.79 bits per heavy atom. The molecule has 0 aromatic rings. The van der Waals surface area contributed by atoms with Crippen LogP contribution in [0.2, 0.25) is 0 Å². The van der Waals surface area contributed by atoms with E-state index in [2.05, 4.69) is 11.5 Å². The Morgan fingerprint density at radius 2 is 2.29 bits per heavy atom. The van der Waals surface area contributed by atoms with Crippen molar-refractivity contribution in [2.75, 3.05) is 27.2 Å². The number of nitrogens with zero attached hydrogens (tertiary/aromatic N) is 2. The Morgan fingerprint density at radius 1 is 1.64 bits per heavy atom. The minimum absolute atomic E-state index is 0.000463. The molecule has 1 aliphatic heterocycles. The first-order valence-electron chi connectivity index (χ1n) is 4.81. The second kappa shape index (κ2) is 4.80. The van der Waals surface area contributed by atoms with E-state index in [-0.39, 0.29) is 11.9 Å². The van der Waals surface area contributed by atoms with Gasteiger partial charge in [-0.15, -0.1) is 0 Å². The van der Waals surface area contributed by atoms with Gasteiger partial charge in [0.2, 0.25) is 5.91 Å². The highest BCUT2D eigenvalue weighted by atomic mass is 35.5. The number of halogens is 1. The van der Waals surface area contributed by atoms with Crippen LogP contribution < -0.4 is 0 Å². The molecule has 1 fully saturated rings. The summed E-state index contributed by atoms with van der Waals surface area (Å²) in [5, 5.41) is 0.600. The van der Waals surface area contributed by atoms with Gasteiger partial charge in [-0.1, -0.05) is 18.2 Å². The van der Waals surface area contributed by atoms with Crippen molar-refractivity contribution in [3.8, 4) is 0 Å². The maximum Gasteiger partial charge on any atom is 0.239 e. The average Bonchev–Trinajstić information content (AvgIpc) is 2.49. The molecular weight excluding hydrogens is 200 g/mol. The van der Waals surface area contributed by atoms with E-state index in [1.54, 1.807) is 19.0 Å². The van der Waals surface area contributed by atoms with Gasteiger partial charge in [-0.05, 0) is 19.4 Å². The standard InChI is InChI=1S/C10H17ClN2O/c1-8(11)7-13-6-4-5-9(13)10(14)12(2)3/h9H,1,4-7H2,2-3H3. The number of hydrogen-bond acceptors (Lipinski definition) is 2. The summed E-state index contributed by atoms with van der Waals surface area (Å²) in [5.41, 5.74) is 0. The van der Waals surface area contributed by atoms with Gasteiger partial charge in [0.05, 0.1) is 6.04 Å². The van der Waals surface area contributed by atoms with Crippen molar-refractivity contribution in [2.45, 2.75) is 18.9 Å². The van der Waals surface area contributed by atoms with Gasteiger partial charge < -0.3 is 4.90 Å². The first-order valence-corrected chi connectivity index (χ1v) is 5.18. The molecule has 1 saturated heterocycles. The lowest BCUT2D eigenvalue weighted by atomic mass is 10.2. The van der Waals surface area contributed by atoms with Gasteiger partial charge in [0, 0.05) is 25.7 Å². The second-order valence-corrected chi connectivity index (χ2v) is 4.41. The summed E-state index contributed by atoms with van der Waals surface area (Å²) in [4.78, 5) is 15.5. The van der Waals surface area contributed by atoms with E-state index in [0.717, 1.165) is 19.4 Å². The molecule has 0 aromatic carbocycles. The van der Waals surface area contributed by atoms with E-state index >= 15 is 0 Å². The minimum atomic E-state index is 0.000463. The average molecular weight is 217 g/mol. The highest BCUT2D eigenvalue weighted by Gasteiger charge is 2.31. The van der Waals surface area contributed by atoms with Gasteiger partial charge >= 0.3 is 0 Å². The highest BCUT2D eigenvalue weighted by Crippen LogP contribution is 2.20. The molecule has 1 heterocycles. The van der Waals surface area contributed by atoms with Crippen LogP contribution in [-0.4, -0.2) is 48.9 Å². The molecule has 1 aliphatic rings. The van der Waals surface area contributed by atoms with Crippen molar-refractivity contribution in [1.29, 1.82) is 0 Å². The first kappa shape index (κ1) is 11.5. The molecule has 1 unspecified atom stereocenters. The maximum absolute atomic E-state index is 11.7. The predicted octanol–water partition coefficient (Wildman–Crippen LogP) is 1.29. The summed E-state index contributed by atoms with van der Waals surface area (Å²) >= 11 is 5.75. The van der Waals surface area contributed by atoms with Crippen LogP contribution in [0.25, 0.3) is 0 Å². The van der Waals surface area contributed by atoms with Crippen LogP contribution >= 0.6 is 11.6 Å². The number of carbonyl (C=O) groups excluding carboxylic acids is 1. The van der Waals surface area contributed by atoms with Crippen molar-refractivity contribution >= 4 is 17.5 Å². The summed E-state index contributed by atoms with van der Waals surface area (Å²) < 4.78 is 0. The smallest absolute Gasteiger partial charge is 0.239 e. The number of rotatable bonds is 3. The van der Waals surface area contributed by atoms with Crippen LogP contribution in [0.3, 0.4) is 0 Å². The molecule has 1 rings (SSSR count). The second-order valence-electron chi connectivity index (χ2n) is 3.88. The predicted molar refractivity (Wildman–Crippen MR) is 58.3 cm³/mol. The summed E-state index contributed by atoms with van der Waals surface area (Å²) in [5.74, 6) is 0.167. The quantitative estimate of drug-likeness (QED) is 0.710. The number of likely N-dealkylation sites (N-methyl/N-ethyl adjacent to an activating group) is 1. The fourth-order valence-corrected chi connectivity index (χ4v) is 1.97. The van der Waals surface area contributed by atoms with E-state index in [9.17, 15) is 4.79 Å². The largest absolute Gasteiger partial charge is 0.347 e. The number of amides is 1. The van der Waals surface area contributed by atoms with Crippen molar-refractivity contribution < 1.29 is 4.79 Å². The van der Waals surface area contributed by atoms with Crippen LogP contribution in [-0.2, 0) is 4.79 Å². The van der Waals surface area contributed by atoms with Crippen molar-refractivity contribution in [3.05, 3.63) is 11.6 Å². The zero-order chi connectivity index (χ0) is 10.7. The zero-order valence-electron chi connectivity index (χ0n) is 8.79. The van der Waals surface area contributed by atoms with E-state index in [1.165, 1.54) is 0 Å². The van der Waals surface area contributed by atoms with E-state index < -0.39 is 0 Å². The molecule has 3 nitrogen and oxygen atoms in total.